The lowest BCUT2D eigenvalue weighted by molar-refractivity contribution is 0.0365. The van der Waals surface area contributed by atoms with Crippen molar-refractivity contribution in [3.05, 3.63) is 17.5 Å². The lowest BCUT2D eigenvalue weighted by Gasteiger charge is -2.15. The molecule has 0 aliphatic rings. The van der Waals surface area contributed by atoms with Gasteiger partial charge in [-0.25, -0.2) is 9.97 Å². The van der Waals surface area contributed by atoms with E-state index in [0.29, 0.717) is 19.1 Å². The molecule has 16 heavy (non-hydrogen) atoms. The highest BCUT2D eigenvalue weighted by molar-refractivity contribution is 5.27. The van der Waals surface area contributed by atoms with E-state index in [1.54, 1.807) is 14.2 Å². The maximum Gasteiger partial charge on any atom is 0.223 e. The van der Waals surface area contributed by atoms with Crippen LogP contribution in [-0.2, 0) is 9.47 Å². The molecule has 90 valence electrons. The van der Waals surface area contributed by atoms with E-state index < -0.39 is 0 Å². The number of hydrogen-bond donors (Lipinski definition) is 1. The standard InChI is InChI=1S/C11H19N3O2/c1-8-5-9(2)14-11(13-8)12-6-10(16-4)7-15-3/h5,10H,6-7H2,1-4H3,(H,12,13,14). The normalized spacial score (nSPS) is 12.5. The third kappa shape index (κ3) is 4.12. The lowest BCUT2D eigenvalue weighted by atomic mass is 10.3. The van der Waals surface area contributed by atoms with Crippen LogP contribution >= 0.6 is 0 Å². The zero-order valence-electron chi connectivity index (χ0n) is 10.3. The lowest BCUT2D eigenvalue weighted by Crippen LogP contribution is -2.27. The maximum absolute atomic E-state index is 5.23. The molecule has 0 bridgehead atoms. The highest BCUT2D eigenvalue weighted by Crippen LogP contribution is 2.04. The van der Waals surface area contributed by atoms with Crippen molar-refractivity contribution in [3.8, 4) is 0 Å². The van der Waals surface area contributed by atoms with Crippen molar-refractivity contribution in [2.75, 3.05) is 32.7 Å². The Hall–Kier alpha value is -1.20. The molecule has 0 aliphatic carbocycles. The Kier molecular flexibility index (Phi) is 5.14. The average Bonchev–Trinajstić information content (AvgIpc) is 2.23. The molecular weight excluding hydrogens is 206 g/mol. The quantitative estimate of drug-likeness (QED) is 0.787. The Morgan fingerprint density at radius 3 is 2.38 bits per heavy atom. The fourth-order valence-electron chi connectivity index (χ4n) is 1.41. The third-order valence-electron chi connectivity index (χ3n) is 2.16. The van der Waals surface area contributed by atoms with Crippen molar-refractivity contribution in [1.29, 1.82) is 0 Å². The molecule has 1 aromatic heterocycles. The summed E-state index contributed by atoms with van der Waals surface area (Å²) in [6.45, 7) is 5.08. The Morgan fingerprint density at radius 1 is 1.25 bits per heavy atom. The summed E-state index contributed by atoms with van der Waals surface area (Å²) in [5.41, 5.74) is 1.91. The Labute approximate surface area is 96.2 Å². The number of hydrogen-bond acceptors (Lipinski definition) is 5. The van der Waals surface area contributed by atoms with Crippen LogP contribution in [0, 0.1) is 13.8 Å². The first-order valence-corrected chi connectivity index (χ1v) is 5.23. The van der Waals surface area contributed by atoms with Gasteiger partial charge in [-0.05, 0) is 19.9 Å². The molecule has 0 saturated heterocycles. The van der Waals surface area contributed by atoms with Crippen LogP contribution < -0.4 is 5.32 Å². The largest absolute Gasteiger partial charge is 0.382 e. The van der Waals surface area contributed by atoms with Crippen molar-refractivity contribution >= 4 is 5.95 Å². The average molecular weight is 225 g/mol. The number of rotatable bonds is 6. The molecule has 0 spiro atoms. The molecule has 0 saturated carbocycles. The first-order chi connectivity index (χ1) is 7.65. The van der Waals surface area contributed by atoms with Crippen LogP contribution in [-0.4, -0.2) is 43.4 Å². The molecule has 1 rings (SSSR count). The summed E-state index contributed by atoms with van der Waals surface area (Å²) >= 11 is 0. The fourth-order valence-corrected chi connectivity index (χ4v) is 1.41. The molecule has 0 radical (unpaired) electrons. The maximum atomic E-state index is 5.23. The van der Waals surface area contributed by atoms with Crippen molar-refractivity contribution in [2.45, 2.75) is 20.0 Å². The number of ether oxygens (including phenoxy) is 2. The first kappa shape index (κ1) is 12.9. The molecule has 0 amide bonds. The molecule has 1 N–H and O–H groups in total. The first-order valence-electron chi connectivity index (χ1n) is 5.23. The Bertz CT molecular complexity index is 311. The van der Waals surface area contributed by atoms with Crippen LogP contribution in [0.25, 0.3) is 0 Å². The minimum absolute atomic E-state index is 0.00872. The summed E-state index contributed by atoms with van der Waals surface area (Å²) in [6.07, 6.45) is 0.00872. The number of aryl methyl sites for hydroxylation is 2. The molecule has 0 aromatic carbocycles. The molecule has 1 unspecified atom stereocenters. The number of aromatic nitrogens is 2. The van der Waals surface area contributed by atoms with E-state index in [1.165, 1.54) is 0 Å². The van der Waals surface area contributed by atoms with Gasteiger partial charge in [0, 0.05) is 32.2 Å². The van der Waals surface area contributed by atoms with E-state index in [1.807, 2.05) is 19.9 Å². The summed E-state index contributed by atoms with van der Waals surface area (Å²) in [5.74, 6) is 0.635. The van der Waals surface area contributed by atoms with Crippen LogP contribution in [0.4, 0.5) is 5.95 Å². The van der Waals surface area contributed by atoms with E-state index >= 15 is 0 Å². The molecule has 5 nitrogen and oxygen atoms in total. The van der Waals surface area contributed by atoms with Crippen molar-refractivity contribution < 1.29 is 9.47 Å². The van der Waals surface area contributed by atoms with Gasteiger partial charge in [0.15, 0.2) is 0 Å². The van der Waals surface area contributed by atoms with Crippen LogP contribution in [0.2, 0.25) is 0 Å². The van der Waals surface area contributed by atoms with E-state index in [-0.39, 0.29) is 6.10 Å². The van der Waals surface area contributed by atoms with Gasteiger partial charge in [-0.1, -0.05) is 0 Å². The molecule has 1 aromatic rings. The number of nitrogens with one attached hydrogen (secondary N) is 1. The van der Waals surface area contributed by atoms with Crippen molar-refractivity contribution in [2.24, 2.45) is 0 Å². The second kappa shape index (κ2) is 6.40. The SMILES string of the molecule is COCC(CNc1nc(C)cc(C)n1)OC. The third-order valence-corrected chi connectivity index (χ3v) is 2.16. The van der Waals surface area contributed by atoms with E-state index in [4.69, 9.17) is 9.47 Å². The predicted molar refractivity (Wildman–Crippen MR) is 62.7 cm³/mol. The van der Waals surface area contributed by atoms with Gasteiger partial charge in [0.1, 0.15) is 0 Å². The summed E-state index contributed by atoms with van der Waals surface area (Å²) in [7, 11) is 3.31. The van der Waals surface area contributed by atoms with Gasteiger partial charge in [0.25, 0.3) is 0 Å². The molecule has 1 heterocycles. The van der Waals surface area contributed by atoms with Gasteiger partial charge >= 0.3 is 0 Å². The second-order valence-electron chi connectivity index (χ2n) is 3.67. The van der Waals surface area contributed by atoms with Gasteiger partial charge in [-0.2, -0.15) is 0 Å². The minimum Gasteiger partial charge on any atom is -0.382 e. The van der Waals surface area contributed by atoms with Crippen LogP contribution in [0.15, 0.2) is 6.07 Å². The molecule has 0 aliphatic heterocycles. The molecular formula is C11H19N3O2. The molecule has 1 atom stereocenters. The van der Waals surface area contributed by atoms with Gasteiger partial charge in [-0.15, -0.1) is 0 Å². The summed E-state index contributed by atoms with van der Waals surface area (Å²) in [4.78, 5) is 8.56. The molecule has 5 heteroatoms. The van der Waals surface area contributed by atoms with Crippen LogP contribution in [0.1, 0.15) is 11.4 Å². The fraction of sp³-hybridized carbons (Fsp3) is 0.636. The Morgan fingerprint density at radius 2 is 1.88 bits per heavy atom. The second-order valence-corrected chi connectivity index (χ2v) is 3.67. The zero-order chi connectivity index (χ0) is 12.0. The zero-order valence-corrected chi connectivity index (χ0v) is 10.3. The summed E-state index contributed by atoms with van der Waals surface area (Å²) in [5, 5.41) is 3.13. The highest BCUT2D eigenvalue weighted by Gasteiger charge is 2.07. The van der Waals surface area contributed by atoms with Crippen molar-refractivity contribution in [1.82, 2.24) is 9.97 Å². The van der Waals surface area contributed by atoms with Crippen LogP contribution in [0.5, 0.6) is 0 Å². The highest BCUT2D eigenvalue weighted by atomic mass is 16.5. The van der Waals surface area contributed by atoms with E-state index in [2.05, 4.69) is 15.3 Å². The Balaban J connectivity index is 2.52. The summed E-state index contributed by atoms with van der Waals surface area (Å²) in [6, 6.07) is 1.94. The minimum atomic E-state index is 0.00872. The predicted octanol–water partition coefficient (Wildman–Crippen LogP) is 1.17. The molecule has 0 fully saturated rings. The number of methoxy groups -OCH3 is 2. The van der Waals surface area contributed by atoms with Crippen molar-refractivity contribution in [3.63, 3.8) is 0 Å². The van der Waals surface area contributed by atoms with Gasteiger partial charge in [0.2, 0.25) is 5.95 Å². The van der Waals surface area contributed by atoms with Gasteiger partial charge in [-0.3, -0.25) is 0 Å². The van der Waals surface area contributed by atoms with E-state index in [0.717, 1.165) is 11.4 Å². The number of nitrogens with zero attached hydrogens (tertiary/aromatic N) is 2. The smallest absolute Gasteiger partial charge is 0.223 e. The van der Waals surface area contributed by atoms with Crippen LogP contribution in [0.3, 0.4) is 0 Å². The topological polar surface area (TPSA) is 56.3 Å². The van der Waals surface area contributed by atoms with E-state index in [9.17, 15) is 0 Å². The summed E-state index contributed by atoms with van der Waals surface area (Å²) < 4.78 is 10.3. The number of anilines is 1. The van der Waals surface area contributed by atoms with Gasteiger partial charge in [0.05, 0.1) is 12.7 Å². The monoisotopic (exact) mass is 225 g/mol. The van der Waals surface area contributed by atoms with Gasteiger partial charge < -0.3 is 14.8 Å².